The Morgan fingerprint density at radius 1 is 1.04 bits per heavy atom. The number of amides is 1. The topological polar surface area (TPSA) is 69.7 Å². The first-order chi connectivity index (χ1) is 13.5. The van der Waals surface area contributed by atoms with E-state index in [0.29, 0.717) is 45.0 Å². The highest BCUT2D eigenvalue weighted by Gasteiger charge is 2.17. The molecule has 0 saturated carbocycles. The van der Waals surface area contributed by atoms with E-state index in [-0.39, 0.29) is 18.3 Å². The highest BCUT2D eigenvalue weighted by molar-refractivity contribution is 5.98. The molecule has 6 nitrogen and oxygen atoms in total. The number of fused-ring (bicyclic) bond motifs is 1. The number of carbonyl (C=O) groups is 1. The summed E-state index contributed by atoms with van der Waals surface area (Å²) < 4.78 is 29.4. The maximum absolute atomic E-state index is 13.4. The van der Waals surface area contributed by atoms with Crippen LogP contribution in [-0.4, -0.2) is 32.2 Å². The second-order valence-electron chi connectivity index (χ2n) is 6.15. The number of hydrogen-bond donors (Lipinski definition) is 1. The fraction of sp³-hybridized carbons (Fsp3) is 0.238. The van der Waals surface area contributed by atoms with Crippen LogP contribution in [0.1, 0.15) is 21.6 Å². The van der Waals surface area contributed by atoms with Crippen LogP contribution in [0.15, 0.2) is 36.4 Å². The Bertz CT molecular complexity index is 1010. The molecule has 7 heteroatoms. The summed E-state index contributed by atoms with van der Waals surface area (Å²) in [7, 11) is 4.63. The van der Waals surface area contributed by atoms with Gasteiger partial charge in [0.05, 0.1) is 50.2 Å². The molecule has 1 N–H and O–H groups in total. The van der Waals surface area contributed by atoms with E-state index in [1.54, 1.807) is 38.3 Å². The molecule has 0 atom stereocenters. The Morgan fingerprint density at radius 2 is 1.71 bits per heavy atom. The van der Waals surface area contributed by atoms with Crippen molar-refractivity contribution in [3.05, 3.63) is 59.0 Å². The Morgan fingerprint density at radius 3 is 2.32 bits per heavy atom. The zero-order valence-electron chi connectivity index (χ0n) is 16.1. The number of nitrogens with zero attached hydrogens (tertiary/aromatic N) is 1. The molecular weight excluding hydrogens is 363 g/mol. The molecule has 0 aliphatic carbocycles. The van der Waals surface area contributed by atoms with Gasteiger partial charge >= 0.3 is 0 Å². The first kappa shape index (κ1) is 19.4. The van der Waals surface area contributed by atoms with Crippen LogP contribution in [0.5, 0.6) is 17.2 Å². The molecule has 28 heavy (non-hydrogen) atoms. The van der Waals surface area contributed by atoms with Crippen LogP contribution in [-0.2, 0) is 6.54 Å². The molecule has 0 fully saturated rings. The van der Waals surface area contributed by atoms with Crippen molar-refractivity contribution < 1.29 is 23.4 Å². The molecule has 3 aromatic rings. The third kappa shape index (κ3) is 3.83. The van der Waals surface area contributed by atoms with Crippen LogP contribution < -0.4 is 19.5 Å². The van der Waals surface area contributed by atoms with E-state index in [2.05, 4.69) is 10.3 Å². The van der Waals surface area contributed by atoms with Gasteiger partial charge in [0.1, 0.15) is 23.1 Å². The van der Waals surface area contributed by atoms with Crippen LogP contribution in [0.2, 0.25) is 0 Å². The van der Waals surface area contributed by atoms with Crippen molar-refractivity contribution in [3.63, 3.8) is 0 Å². The van der Waals surface area contributed by atoms with E-state index in [1.165, 1.54) is 26.4 Å². The average Bonchev–Trinajstić information content (AvgIpc) is 2.70. The van der Waals surface area contributed by atoms with Gasteiger partial charge in [0, 0.05) is 23.6 Å². The number of pyridine rings is 1. The smallest absolute Gasteiger partial charge is 0.253 e. The molecule has 1 amide bonds. The lowest BCUT2D eigenvalue weighted by Crippen LogP contribution is -2.24. The average molecular weight is 384 g/mol. The van der Waals surface area contributed by atoms with Gasteiger partial charge in [-0.05, 0) is 25.1 Å². The van der Waals surface area contributed by atoms with Crippen molar-refractivity contribution >= 4 is 16.8 Å². The third-order valence-electron chi connectivity index (χ3n) is 4.46. The van der Waals surface area contributed by atoms with E-state index in [9.17, 15) is 9.18 Å². The Labute approximate surface area is 162 Å². The maximum atomic E-state index is 13.4. The van der Waals surface area contributed by atoms with Gasteiger partial charge in [-0.15, -0.1) is 0 Å². The summed E-state index contributed by atoms with van der Waals surface area (Å²) in [5.41, 5.74) is 2.13. The summed E-state index contributed by atoms with van der Waals surface area (Å²) in [4.78, 5) is 17.1. The number of benzene rings is 2. The summed E-state index contributed by atoms with van der Waals surface area (Å²) in [6.07, 6.45) is 0. The van der Waals surface area contributed by atoms with Gasteiger partial charge in [-0.2, -0.15) is 0 Å². The minimum atomic E-state index is -0.365. The number of carbonyl (C=O) groups excluding carboxylic acids is 1. The first-order valence-electron chi connectivity index (χ1n) is 8.60. The molecule has 0 unspecified atom stereocenters. The van der Waals surface area contributed by atoms with Gasteiger partial charge in [-0.3, -0.25) is 9.78 Å². The van der Waals surface area contributed by atoms with Gasteiger partial charge < -0.3 is 19.5 Å². The van der Waals surface area contributed by atoms with Gasteiger partial charge in [-0.25, -0.2) is 4.39 Å². The summed E-state index contributed by atoms with van der Waals surface area (Å²) in [6, 6.07) is 9.44. The Kier molecular flexibility index (Phi) is 5.63. The molecule has 0 aliphatic rings. The summed E-state index contributed by atoms with van der Waals surface area (Å²) in [6.45, 7) is 1.91. The number of hydrogen-bond acceptors (Lipinski definition) is 5. The second kappa shape index (κ2) is 8.12. The summed E-state index contributed by atoms with van der Waals surface area (Å²) in [5, 5.41) is 3.56. The summed E-state index contributed by atoms with van der Waals surface area (Å²) >= 11 is 0. The minimum Gasteiger partial charge on any atom is -0.496 e. The molecule has 0 saturated heterocycles. The van der Waals surface area contributed by atoms with Crippen molar-refractivity contribution in [2.24, 2.45) is 0 Å². The fourth-order valence-electron chi connectivity index (χ4n) is 2.98. The molecule has 0 bridgehead atoms. The van der Waals surface area contributed by atoms with Gasteiger partial charge in [0.15, 0.2) is 0 Å². The second-order valence-corrected chi connectivity index (χ2v) is 6.15. The number of aryl methyl sites for hydroxylation is 1. The van der Waals surface area contributed by atoms with E-state index in [1.807, 2.05) is 0 Å². The largest absolute Gasteiger partial charge is 0.496 e. The number of ether oxygens (including phenoxy) is 3. The zero-order valence-corrected chi connectivity index (χ0v) is 16.1. The molecule has 3 rings (SSSR count). The minimum absolute atomic E-state index is 0.191. The first-order valence-corrected chi connectivity index (χ1v) is 8.60. The van der Waals surface area contributed by atoms with Crippen molar-refractivity contribution in [1.82, 2.24) is 10.3 Å². The van der Waals surface area contributed by atoms with E-state index in [0.717, 1.165) is 0 Å². The molecule has 0 radical (unpaired) electrons. The van der Waals surface area contributed by atoms with Gasteiger partial charge in [-0.1, -0.05) is 0 Å². The molecule has 0 aliphatic heterocycles. The third-order valence-corrected chi connectivity index (χ3v) is 4.46. The molecule has 2 aromatic carbocycles. The molecule has 1 heterocycles. The van der Waals surface area contributed by atoms with Crippen LogP contribution >= 0.6 is 0 Å². The Hall–Kier alpha value is -3.35. The highest BCUT2D eigenvalue weighted by atomic mass is 19.1. The highest BCUT2D eigenvalue weighted by Crippen LogP contribution is 2.34. The van der Waals surface area contributed by atoms with E-state index in [4.69, 9.17) is 14.2 Å². The lowest BCUT2D eigenvalue weighted by Gasteiger charge is -2.16. The molecular formula is C21H21FN2O4. The lowest BCUT2D eigenvalue weighted by molar-refractivity contribution is 0.0949. The molecule has 0 spiro atoms. The summed E-state index contributed by atoms with van der Waals surface area (Å²) in [5.74, 6) is 1.01. The van der Waals surface area contributed by atoms with Crippen molar-refractivity contribution in [1.29, 1.82) is 0 Å². The zero-order chi connectivity index (χ0) is 20.3. The standard InChI is InChI=1S/C21H21FN2O4/c1-12-16(7-13-5-6-14(22)8-18(13)24-12)21(25)23-11-17-19(27-3)9-15(26-2)10-20(17)28-4/h5-10H,11H2,1-4H3,(H,23,25). The lowest BCUT2D eigenvalue weighted by atomic mass is 10.1. The van der Waals surface area contributed by atoms with Crippen molar-refractivity contribution in [3.8, 4) is 17.2 Å². The monoisotopic (exact) mass is 384 g/mol. The number of nitrogens with one attached hydrogen (secondary N) is 1. The fourth-order valence-corrected chi connectivity index (χ4v) is 2.98. The predicted octanol–water partition coefficient (Wildman–Crippen LogP) is 3.64. The maximum Gasteiger partial charge on any atom is 0.253 e. The number of rotatable bonds is 6. The van der Waals surface area contributed by atoms with Crippen LogP contribution in [0.25, 0.3) is 10.9 Å². The van der Waals surface area contributed by atoms with Gasteiger partial charge in [0.25, 0.3) is 5.91 Å². The van der Waals surface area contributed by atoms with Gasteiger partial charge in [0.2, 0.25) is 0 Å². The number of aromatic nitrogens is 1. The van der Waals surface area contributed by atoms with Crippen molar-refractivity contribution in [2.45, 2.75) is 13.5 Å². The quantitative estimate of drug-likeness (QED) is 0.703. The van der Waals surface area contributed by atoms with Crippen LogP contribution in [0.4, 0.5) is 4.39 Å². The molecule has 1 aromatic heterocycles. The van der Waals surface area contributed by atoms with Crippen molar-refractivity contribution in [2.75, 3.05) is 21.3 Å². The number of methoxy groups -OCH3 is 3. The normalized spacial score (nSPS) is 10.6. The predicted molar refractivity (Wildman–Crippen MR) is 104 cm³/mol. The molecule has 146 valence electrons. The number of halogens is 1. The SMILES string of the molecule is COc1cc(OC)c(CNC(=O)c2cc3ccc(F)cc3nc2C)c(OC)c1. The van der Waals surface area contributed by atoms with Crippen LogP contribution in [0, 0.1) is 12.7 Å². The Balaban J connectivity index is 1.87. The van der Waals surface area contributed by atoms with E-state index < -0.39 is 0 Å². The van der Waals surface area contributed by atoms with E-state index >= 15 is 0 Å². The van der Waals surface area contributed by atoms with Crippen LogP contribution in [0.3, 0.4) is 0 Å².